The molecule has 7 heteroatoms. The number of sulfone groups is 1. The molecule has 0 saturated carbocycles. The van der Waals surface area contributed by atoms with E-state index in [9.17, 15) is 13.2 Å². The van der Waals surface area contributed by atoms with Crippen LogP contribution in [0.1, 0.15) is 17.3 Å². The number of rotatable bonds is 5. The lowest BCUT2D eigenvalue weighted by molar-refractivity contribution is 0.102. The monoisotopic (exact) mass is 417 g/mol. The van der Waals surface area contributed by atoms with Gasteiger partial charge in [0.15, 0.2) is 14.9 Å². The lowest BCUT2D eigenvalue weighted by Crippen LogP contribution is -2.12. The van der Waals surface area contributed by atoms with Gasteiger partial charge >= 0.3 is 0 Å². The Morgan fingerprint density at radius 2 is 1.60 bits per heavy atom. The lowest BCUT2D eigenvalue weighted by Gasteiger charge is -2.09. The minimum absolute atomic E-state index is 0.0217. The van der Waals surface area contributed by atoms with E-state index in [-0.39, 0.29) is 16.7 Å². The fourth-order valence-corrected chi connectivity index (χ4v) is 3.87. The zero-order valence-electron chi connectivity index (χ0n) is 16.2. The summed E-state index contributed by atoms with van der Waals surface area (Å²) < 4.78 is 23.7. The molecule has 0 bridgehead atoms. The molecule has 0 aliphatic heterocycles. The van der Waals surface area contributed by atoms with Crippen LogP contribution in [0.25, 0.3) is 22.0 Å². The Kier molecular flexibility index (Phi) is 5.29. The molecule has 0 fully saturated rings. The second-order valence-electron chi connectivity index (χ2n) is 6.72. The molecule has 0 saturated heterocycles. The molecule has 6 nitrogen and oxygen atoms in total. The third kappa shape index (κ3) is 3.92. The highest BCUT2D eigenvalue weighted by Gasteiger charge is 2.14. The van der Waals surface area contributed by atoms with Crippen LogP contribution in [0, 0.1) is 0 Å². The van der Waals surface area contributed by atoms with Gasteiger partial charge in [-0.25, -0.2) is 8.42 Å². The summed E-state index contributed by atoms with van der Waals surface area (Å²) in [7, 11) is -3.38. The summed E-state index contributed by atoms with van der Waals surface area (Å²) in [4.78, 5) is 12.8. The third-order valence-electron chi connectivity index (χ3n) is 4.81. The SMILES string of the molecule is CCS(=O)(=O)c1ccc(-c2ccc(NC(=O)c3cccc4ccccc34)cc2)nn1. The second kappa shape index (κ2) is 8.04. The first-order chi connectivity index (χ1) is 14.5. The molecule has 0 unspecified atom stereocenters. The van der Waals surface area contributed by atoms with Crippen LogP contribution in [0.4, 0.5) is 5.69 Å². The van der Waals surface area contributed by atoms with Crippen molar-refractivity contribution in [1.82, 2.24) is 10.2 Å². The maximum absolute atomic E-state index is 12.8. The third-order valence-corrected chi connectivity index (χ3v) is 6.43. The molecule has 150 valence electrons. The summed E-state index contributed by atoms with van der Waals surface area (Å²) in [6.07, 6.45) is 0. The summed E-state index contributed by atoms with van der Waals surface area (Å²) in [6.45, 7) is 1.57. The highest BCUT2D eigenvalue weighted by atomic mass is 32.2. The smallest absolute Gasteiger partial charge is 0.256 e. The summed E-state index contributed by atoms with van der Waals surface area (Å²) in [5.74, 6) is -0.208. The molecule has 0 spiro atoms. The predicted octanol–water partition coefficient (Wildman–Crippen LogP) is 4.34. The fraction of sp³-hybridized carbons (Fsp3) is 0.0870. The summed E-state index contributed by atoms with van der Waals surface area (Å²) in [6, 6.07) is 23.6. The van der Waals surface area contributed by atoms with E-state index in [1.54, 1.807) is 43.3 Å². The van der Waals surface area contributed by atoms with E-state index >= 15 is 0 Å². The number of anilines is 1. The molecular formula is C23H19N3O3S. The highest BCUT2D eigenvalue weighted by molar-refractivity contribution is 7.91. The van der Waals surface area contributed by atoms with Gasteiger partial charge in [-0.15, -0.1) is 10.2 Å². The largest absolute Gasteiger partial charge is 0.322 e. The number of amides is 1. The molecule has 4 aromatic rings. The molecule has 4 rings (SSSR count). The van der Waals surface area contributed by atoms with Crippen molar-refractivity contribution < 1.29 is 13.2 Å². The average Bonchev–Trinajstić information content (AvgIpc) is 2.79. The Balaban J connectivity index is 1.53. The number of benzene rings is 3. The van der Waals surface area contributed by atoms with Crippen LogP contribution >= 0.6 is 0 Å². The van der Waals surface area contributed by atoms with Crippen LogP contribution in [-0.4, -0.2) is 30.3 Å². The van der Waals surface area contributed by atoms with Gasteiger partial charge in [0.1, 0.15) is 0 Å². The standard InChI is InChI=1S/C23H19N3O3S/c1-2-30(28,29)22-15-14-21(25-26-22)17-10-12-18(13-11-17)24-23(27)20-9-5-7-16-6-3-4-8-19(16)20/h3-15H,2H2,1H3,(H,24,27). The first-order valence-electron chi connectivity index (χ1n) is 9.44. The van der Waals surface area contributed by atoms with Gasteiger partial charge in [0, 0.05) is 16.8 Å². The van der Waals surface area contributed by atoms with E-state index in [0.717, 1.165) is 16.3 Å². The second-order valence-corrected chi connectivity index (χ2v) is 8.94. The van der Waals surface area contributed by atoms with Crippen molar-refractivity contribution in [2.75, 3.05) is 11.1 Å². The number of nitrogens with zero attached hydrogens (tertiary/aromatic N) is 2. The number of aromatic nitrogens is 2. The molecule has 0 radical (unpaired) electrons. The van der Waals surface area contributed by atoms with Gasteiger partial charge in [-0.1, -0.05) is 55.5 Å². The normalized spacial score (nSPS) is 11.4. The van der Waals surface area contributed by atoms with Crippen LogP contribution in [0.2, 0.25) is 0 Å². The van der Waals surface area contributed by atoms with Gasteiger partial charge in [-0.3, -0.25) is 4.79 Å². The molecule has 1 aromatic heterocycles. The number of fused-ring (bicyclic) bond motifs is 1. The van der Waals surface area contributed by atoms with Crippen molar-refractivity contribution in [3.8, 4) is 11.3 Å². The Bertz CT molecular complexity index is 1310. The number of carbonyl (C=O) groups excluding carboxylic acids is 1. The Hall–Kier alpha value is -3.58. The molecule has 0 aliphatic rings. The Labute approximate surface area is 174 Å². The van der Waals surface area contributed by atoms with Crippen molar-refractivity contribution in [3.05, 3.63) is 84.4 Å². The number of hydrogen-bond donors (Lipinski definition) is 1. The lowest BCUT2D eigenvalue weighted by atomic mass is 10.0. The first-order valence-corrected chi connectivity index (χ1v) is 11.1. The average molecular weight is 417 g/mol. The molecule has 1 N–H and O–H groups in total. The number of carbonyl (C=O) groups is 1. The number of hydrogen-bond acceptors (Lipinski definition) is 5. The minimum atomic E-state index is -3.38. The van der Waals surface area contributed by atoms with Gasteiger partial charge in [-0.2, -0.15) is 0 Å². The molecular weight excluding hydrogens is 398 g/mol. The molecule has 1 amide bonds. The summed E-state index contributed by atoms with van der Waals surface area (Å²) in [5, 5.41) is 12.6. The fourth-order valence-electron chi connectivity index (χ4n) is 3.13. The zero-order valence-corrected chi connectivity index (χ0v) is 17.1. The molecule has 0 aliphatic carbocycles. The zero-order chi connectivity index (χ0) is 21.1. The molecule has 0 atom stereocenters. The van der Waals surface area contributed by atoms with Crippen molar-refractivity contribution in [2.24, 2.45) is 0 Å². The van der Waals surface area contributed by atoms with Gasteiger partial charge in [0.05, 0.1) is 11.4 Å². The van der Waals surface area contributed by atoms with E-state index in [4.69, 9.17) is 0 Å². The van der Waals surface area contributed by atoms with E-state index in [1.807, 2.05) is 36.4 Å². The van der Waals surface area contributed by atoms with Crippen molar-refractivity contribution in [2.45, 2.75) is 11.9 Å². The van der Waals surface area contributed by atoms with Crippen molar-refractivity contribution in [1.29, 1.82) is 0 Å². The van der Waals surface area contributed by atoms with E-state index in [1.165, 1.54) is 6.07 Å². The van der Waals surface area contributed by atoms with Crippen molar-refractivity contribution in [3.63, 3.8) is 0 Å². The quantitative estimate of drug-likeness (QED) is 0.522. The predicted molar refractivity (Wildman–Crippen MR) is 117 cm³/mol. The van der Waals surface area contributed by atoms with E-state index in [0.29, 0.717) is 16.9 Å². The summed E-state index contributed by atoms with van der Waals surface area (Å²) >= 11 is 0. The maximum Gasteiger partial charge on any atom is 0.256 e. The van der Waals surface area contributed by atoms with Crippen LogP contribution in [-0.2, 0) is 9.84 Å². The van der Waals surface area contributed by atoms with Gasteiger partial charge in [0.2, 0.25) is 0 Å². The van der Waals surface area contributed by atoms with E-state index < -0.39 is 9.84 Å². The maximum atomic E-state index is 12.8. The Morgan fingerprint density at radius 3 is 2.30 bits per heavy atom. The van der Waals surface area contributed by atoms with Gasteiger partial charge in [0.25, 0.3) is 5.91 Å². The molecule has 30 heavy (non-hydrogen) atoms. The Morgan fingerprint density at radius 1 is 0.867 bits per heavy atom. The molecule has 3 aromatic carbocycles. The van der Waals surface area contributed by atoms with Crippen LogP contribution < -0.4 is 5.32 Å². The van der Waals surface area contributed by atoms with Gasteiger partial charge in [-0.05, 0) is 41.1 Å². The van der Waals surface area contributed by atoms with Gasteiger partial charge < -0.3 is 5.32 Å². The van der Waals surface area contributed by atoms with Crippen LogP contribution in [0.3, 0.4) is 0 Å². The minimum Gasteiger partial charge on any atom is -0.322 e. The molecule has 1 heterocycles. The van der Waals surface area contributed by atoms with Crippen LogP contribution in [0.15, 0.2) is 83.9 Å². The topological polar surface area (TPSA) is 89.0 Å². The highest BCUT2D eigenvalue weighted by Crippen LogP contribution is 2.22. The van der Waals surface area contributed by atoms with Crippen molar-refractivity contribution >= 4 is 32.2 Å². The summed E-state index contributed by atoms with van der Waals surface area (Å²) in [5.41, 5.74) is 2.58. The van der Waals surface area contributed by atoms with Crippen LogP contribution in [0.5, 0.6) is 0 Å². The van der Waals surface area contributed by atoms with E-state index in [2.05, 4.69) is 15.5 Å². The number of nitrogens with one attached hydrogen (secondary N) is 1. The first kappa shape index (κ1) is 19.7.